The number of piperidine rings is 1. The van der Waals surface area contributed by atoms with E-state index in [1.54, 1.807) is 17.0 Å². The summed E-state index contributed by atoms with van der Waals surface area (Å²) < 4.78 is 11.2. The Morgan fingerprint density at radius 3 is 2.46 bits per heavy atom. The number of aromatic nitrogens is 2. The first-order chi connectivity index (χ1) is 17.6. The van der Waals surface area contributed by atoms with Crippen molar-refractivity contribution in [2.24, 2.45) is 5.92 Å². The molecule has 1 aromatic heterocycles. The minimum absolute atomic E-state index is 0.158. The lowest BCUT2D eigenvalue weighted by atomic mass is 9.74. The van der Waals surface area contributed by atoms with E-state index in [0.29, 0.717) is 28.8 Å². The van der Waals surface area contributed by atoms with Gasteiger partial charge in [-0.1, -0.05) is 54.4 Å². The topological polar surface area (TPSA) is 85.5 Å². The Morgan fingerprint density at radius 2 is 1.86 bits per heavy atom. The molecule has 37 heavy (non-hydrogen) atoms. The quantitative estimate of drug-likeness (QED) is 0.320. The first kappa shape index (κ1) is 27.1. The molecule has 0 unspecified atom stereocenters. The van der Waals surface area contributed by atoms with E-state index >= 15 is 0 Å². The van der Waals surface area contributed by atoms with Crippen LogP contribution in [0.3, 0.4) is 0 Å². The lowest BCUT2D eigenvalue weighted by Gasteiger charge is -2.47. The molecule has 0 N–H and O–H groups in total. The molecule has 7 nitrogen and oxygen atoms in total. The Hall–Kier alpha value is -2.90. The predicted octanol–water partition coefficient (Wildman–Crippen LogP) is 6.41. The van der Waals surface area contributed by atoms with Crippen LogP contribution in [-0.2, 0) is 20.7 Å². The first-order valence-electron chi connectivity index (χ1n) is 12.4. The highest BCUT2D eigenvalue weighted by molar-refractivity contribution is 6.30. The average molecular weight is 544 g/mol. The van der Waals surface area contributed by atoms with E-state index in [-0.39, 0.29) is 18.2 Å². The van der Waals surface area contributed by atoms with E-state index < -0.39 is 29.6 Å². The largest absolute Gasteiger partial charge is 0.458 e. The number of carbonyl (C=O) groups is 2. The molecule has 1 saturated heterocycles. The zero-order valence-corrected chi connectivity index (χ0v) is 22.9. The van der Waals surface area contributed by atoms with Gasteiger partial charge in [0.15, 0.2) is 0 Å². The number of amides is 1. The normalized spacial score (nSPS) is 21.1. The summed E-state index contributed by atoms with van der Waals surface area (Å²) in [5, 5.41) is 8.96. The van der Waals surface area contributed by atoms with Crippen LogP contribution < -0.4 is 0 Å². The van der Waals surface area contributed by atoms with Gasteiger partial charge in [0, 0.05) is 28.3 Å². The second-order valence-electron chi connectivity index (χ2n) is 10.3. The van der Waals surface area contributed by atoms with Crippen molar-refractivity contribution < 1.29 is 18.7 Å². The van der Waals surface area contributed by atoms with Gasteiger partial charge in [-0.3, -0.25) is 4.79 Å². The number of rotatable bonds is 7. The van der Waals surface area contributed by atoms with Gasteiger partial charge in [-0.05, 0) is 69.0 Å². The molecular weight excluding hydrogens is 513 g/mol. The number of carbonyl (C=O) groups excluding carboxylic acids is 2. The summed E-state index contributed by atoms with van der Waals surface area (Å²) in [7, 11) is 0. The van der Waals surface area contributed by atoms with Gasteiger partial charge in [-0.15, -0.1) is 10.2 Å². The SMILES string of the molecule is CC[C@@H](C(=O)OC(C)(C)C)N1C(=O)[C@@H](Cc2nnco2)C[C@H](c2cccc(Cl)c2)[C@H]1c1ccc(Cl)cc1. The number of esters is 1. The van der Waals surface area contributed by atoms with Crippen LogP contribution in [0.1, 0.15) is 69.5 Å². The van der Waals surface area contributed by atoms with Gasteiger partial charge < -0.3 is 14.1 Å². The van der Waals surface area contributed by atoms with E-state index in [1.807, 2.05) is 64.1 Å². The van der Waals surface area contributed by atoms with Gasteiger partial charge in [0.05, 0.1) is 6.04 Å². The third-order valence-corrected chi connectivity index (χ3v) is 7.03. The molecule has 1 amide bonds. The molecule has 1 fully saturated rings. The summed E-state index contributed by atoms with van der Waals surface area (Å²) in [5.74, 6) is -0.871. The summed E-state index contributed by atoms with van der Waals surface area (Å²) in [6, 6.07) is 13.8. The fourth-order valence-electron chi connectivity index (χ4n) is 5.05. The summed E-state index contributed by atoms with van der Waals surface area (Å²) in [5.41, 5.74) is 1.15. The number of likely N-dealkylation sites (tertiary alicyclic amines) is 1. The summed E-state index contributed by atoms with van der Waals surface area (Å²) in [6.07, 6.45) is 2.42. The van der Waals surface area contributed by atoms with Crippen molar-refractivity contribution in [3.63, 3.8) is 0 Å². The number of halogens is 2. The average Bonchev–Trinajstić information content (AvgIpc) is 3.34. The van der Waals surface area contributed by atoms with Gasteiger partial charge in [-0.25, -0.2) is 4.79 Å². The number of nitrogens with zero attached hydrogens (tertiary/aromatic N) is 3. The third-order valence-electron chi connectivity index (χ3n) is 6.54. The second kappa shape index (κ2) is 11.2. The molecule has 1 aliphatic rings. The van der Waals surface area contributed by atoms with Crippen LogP contribution in [0.15, 0.2) is 59.3 Å². The highest BCUT2D eigenvalue weighted by Gasteiger charge is 2.48. The minimum Gasteiger partial charge on any atom is -0.458 e. The van der Waals surface area contributed by atoms with Crippen LogP contribution in [0.2, 0.25) is 10.0 Å². The van der Waals surface area contributed by atoms with Gasteiger partial charge >= 0.3 is 5.97 Å². The molecule has 2 heterocycles. The molecule has 9 heteroatoms. The molecule has 0 spiro atoms. The second-order valence-corrected chi connectivity index (χ2v) is 11.2. The molecule has 0 saturated carbocycles. The molecule has 2 aromatic carbocycles. The molecule has 3 aromatic rings. The predicted molar refractivity (Wildman–Crippen MR) is 141 cm³/mol. The summed E-state index contributed by atoms with van der Waals surface area (Å²) in [6.45, 7) is 7.34. The maximum atomic E-state index is 14.2. The number of hydrogen-bond donors (Lipinski definition) is 0. The molecule has 0 radical (unpaired) electrons. The van der Waals surface area contributed by atoms with E-state index in [4.69, 9.17) is 32.4 Å². The Labute approximate surface area is 227 Å². The maximum Gasteiger partial charge on any atom is 0.329 e. The van der Waals surface area contributed by atoms with Crippen molar-refractivity contribution in [1.82, 2.24) is 15.1 Å². The summed E-state index contributed by atoms with van der Waals surface area (Å²) in [4.78, 5) is 29.4. The standard InChI is InChI=1S/C28H31Cl2N3O4/c1-5-23(27(35)37-28(2,3)4)33-25(17-9-11-20(29)12-10-17)22(18-7-6-8-21(30)13-18)14-19(26(33)34)15-24-32-31-16-36-24/h6-13,16,19,22-23,25H,5,14-15H2,1-4H3/t19-,22-,23+,25-/m1/s1. The van der Waals surface area contributed by atoms with Crippen molar-refractivity contribution >= 4 is 35.1 Å². The number of hydrogen-bond acceptors (Lipinski definition) is 6. The van der Waals surface area contributed by atoms with Crippen LogP contribution in [0.4, 0.5) is 0 Å². The van der Waals surface area contributed by atoms with E-state index in [0.717, 1.165) is 11.1 Å². The highest BCUT2D eigenvalue weighted by Crippen LogP contribution is 2.47. The minimum atomic E-state index is -0.792. The zero-order chi connectivity index (χ0) is 26.7. The fraction of sp³-hybridized carbons (Fsp3) is 0.429. The Kier molecular flexibility index (Phi) is 8.24. The van der Waals surface area contributed by atoms with Gasteiger partial charge in [0.25, 0.3) is 0 Å². The van der Waals surface area contributed by atoms with Gasteiger partial charge in [0.2, 0.25) is 18.2 Å². The van der Waals surface area contributed by atoms with Gasteiger partial charge in [0.1, 0.15) is 11.6 Å². The lowest BCUT2D eigenvalue weighted by molar-refractivity contribution is -0.170. The number of ether oxygens (including phenoxy) is 1. The smallest absolute Gasteiger partial charge is 0.329 e. The monoisotopic (exact) mass is 543 g/mol. The Bertz CT molecular complexity index is 1220. The van der Waals surface area contributed by atoms with Crippen molar-refractivity contribution in [2.45, 2.75) is 70.6 Å². The van der Waals surface area contributed by atoms with E-state index in [9.17, 15) is 9.59 Å². The molecule has 0 aliphatic carbocycles. The first-order valence-corrected chi connectivity index (χ1v) is 13.1. The molecule has 0 bridgehead atoms. The van der Waals surface area contributed by atoms with Crippen molar-refractivity contribution in [2.75, 3.05) is 0 Å². The van der Waals surface area contributed by atoms with Gasteiger partial charge in [-0.2, -0.15) is 0 Å². The van der Waals surface area contributed by atoms with Crippen molar-refractivity contribution in [3.05, 3.63) is 82.0 Å². The molecule has 196 valence electrons. The van der Waals surface area contributed by atoms with Crippen molar-refractivity contribution in [1.29, 1.82) is 0 Å². The third kappa shape index (κ3) is 6.33. The summed E-state index contributed by atoms with van der Waals surface area (Å²) >= 11 is 12.6. The van der Waals surface area contributed by atoms with Crippen LogP contribution in [0, 0.1) is 5.92 Å². The van der Waals surface area contributed by atoms with E-state index in [1.165, 1.54) is 6.39 Å². The van der Waals surface area contributed by atoms with Crippen molar-refractivity contribution in [3.8, 4) is 0 Å². The molecule has 4 atom stereocenters. The highest BCUT2D eigenvalue weighted by atomic mass is 35.5. The lowest BCUT2D eigenvalue weighted by Crippen LogP contribution is -2.55. The van der Waals surface area contributed by atoms with Crippen LogP contribution >= 0.6 is 23.2 Å². The Morgan fingerprint density at radius 1 is 1.14 bits per heavy atom. The maximum absolute atomic E-state index is 14.2. The van der Waals surface area contributed by atoms with Crippen LogP contribution in [0.5, 0.6) is 0 Å². The molecule has 4 rings (SSSR count). The fourth-order valence-corrected chi connectivity index (χ4v) is 5.37. The Balaban J connectivity index is 1.86. The van der Waals surface area contributed by atoms with Crippen LogP contribution in [0.25, 0.3) is 0 Å². The van der Waals surface area contributed by atoms with Crippen LogP contribution in [-0.4, -0.2) is 38.6 Å². The zero-order valence-electron chi connectivity index (χ0n) is 21.4. The molecular formula is C28H31Cl2N3O4. The van der Waals surface area contributed by atoms with E-state index in [2.05, 4.69) is 10.2 Å². The molecule has 1 aliphatic heterocycles. The number of benzene rings is 2.